The highest BCUT2D eigenvalue weighted by molar-refractivity contribution is 7.16. The first-order chi connectivity index (χ1) is 7.00. The van der Waals surface area contributed by atoms with Gasteiger partial charge in [-0.1, -0.05) is 0 Å². The Morgan fingerprint density at radius 2 is 1.87 bits per heavy atom. The van der Waals surface area contributed by atoms with Gasteiger partial charge in [-0.3, -0.25) is 9.59 Å². The van der Waals surface area contributed by atoms with Crippen LogP contribution < -0.4 is 0 Å². The van der Waals surface area contributed by atoms with E-state index in [0.717, 1.165) is 0 Å². The maximum absolute atomic E-state index is 11.6. The summed E-state index contributed by atoms with van der Waals surface area (Å²) in [5, 5.41) is 0. The lowest BCUT2D eigenvalue weighted by atomic mass is 10.3. The predicted octanol–water partition coefficient (Wildman–Crippen LogP) is 2.21. The van der Waals surface area contributed by atoms with Gasteiger partial charge in [0.15, 0.2) is 11.6 Å². The number of rotatable bonds is 4. The summed E-state index contributed by atoms with van der Waals surface area (Å²) in [5.74, 6) is -0.0724. The summed E-state index contributed by atoms with van der Waals surface area (Å²) in [6.45, 7) is 1.50. The van der Waals surface area contributed by atoms with E-state index < -0.39 is 0 Å². The standard InChI is InChI=1S/C11H13NO2S/c1-8(13)10-4-5-11(15-10)9(14)6-7-12(2)3/h4-7H,1-3H3. The fraction of sp³-hybridized carbons (Fsp3) is 0.273. The van der Waals surface area contributed by atoms with E-state index in [1.165, 1.54) is 24.3 Å². The van der Waals surface area contributed by atoms with Crippen LogP contribution in [0.25, 0.3) is 0 Å². The largest absolute Gasteiger partial charge is 0.383 e. The third-order valence-electron chi connectivity index (χ3n) is 1.72. The van der Waals surface area contributed by atoms with Crippen molar-refractivity contribution in [2.45, 2.75) is 6.92 Å². The molecular weight excluding hydrogens is 210 g/mol. The number of Topliss-reactive ketones (excluding diaryl/α,β-unsaturated/α-hetero) is 1. The molecule has 0 radical (unpaired) electrons. The van der Waals surface area contributed by atoms with E-state index in [1.807, 2.05) is 14.1 Å². The molecule has 0 bridgehead atoms. The molecule has 80 valence electrons. The average Bonchev–Trinajstić information content (AvgIpc) is 2.62. The fourth-order valence-electron chi connectivity index (χ4n) is 0.958. The van der Waals surface area contributed by atoms with Crippen molar-refractivity contribution in [1.29, 1.82) is 0 Å². The number of allylic oxidation sites excluding steroid dienone is 1. The monoisotopic (exact) mass is 223 g/mol. The van der Waals surface area contributed by atoms with Gasteiger partial charge in [0.2, 0.25) is 0 Å². The number of ketones is 2. The van der Waals surface area contributed by atoms with Crippen LogP contribution in [0.15, 0.2) is 24.4 Å². The van der Waals surface area contributed by atoms with Gasteiger partial charge in [0.05, 0.1) is 9.75 Å². The Kier molecular flexibility index (Phi) is 3.80. The molecule has 1 aromatic heterocycles. The summed E-state index contributed by atoms with van der Waals surface area (Å²) >= 11 is 1.23. The van der Waals surface area contributed by atoms with Crippen molar-refractivity contribution in [3.05, 3.63) is 34.2 Å². The number of nitrogens with zero attached hydrogens (tertiary/aromatic N) is 1. The Hall–Kier alpha value is -1.42. The highest BCUT2D eigenvalue weighted by Gasteiger charge is 2.08. The molecule has 3 nitrogen and oxygen atoms in total. The van der Waals surface area contributed by atoms with Crippen molar-refractivity contribution < 1.29 is 9.59 Å². The van der Waals surface area contributed by atoms with Gasteiger partial charge >= 0.3 is 0 Å². The zero-order valence-electron chi connectivity index (χ0n) is 8.98. The smallest absolute Gasteiger partial charge is 0.197 e. The second-order valence-electron chi connectivity index (χ2n) is 3.36. The van der Waals surface area contributed by atoms with Gasteiger partial charge in [-0.15, -0.1) is 11.3 Å². The summed E-state index contributed by atoms with van der Waals surface area (Å²) < 4.78 is 0. The zero-order chi connectivity index (χ0) is 11.4. The molecule has 0 aromatic carbocycles. The molecule has 1 heterocycles. The highest BCUT2D eigenvalue weighted by Crippen LogP contribution is 2.17. The molecule has 0 atom stereocenters. The molecule has 0 saturated heterocycles. The second kappa shape index (κ2) is 4.89. The highest BCUT2D eigenvalue weighted by atomic mass is 32.1. The third-order valence-corrected chi connectivity index (χ3v) is 2.92. The van der Waals surface area contributed by atoms with E-state index in [4.69, 9.17) is 0 Å². The van der Waals surface area contributed by atoms with Gasteiger partial charge in [0, 0.05) is 26.4 Å². The number of hydrogen-bond acceptors (Lipinski definition) is 4. The summed E-state index contributed by atoms with van der Waals surface area (Å²) in [6.07, 6.45) is 3.19. The first-order valence-electron chi connectivity index (χ1n) is 4.50. The van der Waals surface area contributed by atoms with Crippen molar-refractivity contribution in [3.63, 3.8) is 0 Å². The Labute approximate surface area is 93.0 Å². The van der Waals surface area contributed by atoms with Crippen molar-refractivity contribution in [1.82, 2.24) is 4.90 Å². The lowest BCUT2D eigenvalue weighted by molar-refractivity contribution is 0.102. The normalized spacial score (nSPS) is 10.6. The van der Waals surface area contributed by atoms with Gasteiger partial charge in [0.1, 0.15) is 0 Å². The Balaban J connectivity index is 2.79. The number of carbonyl (C=O) groups excluding carboxylic acids is 2. The minimum Gasteiger partial charge on any atom is -0.383 e. The molecule has 0 unspecified atom stereocenters. The molecule has 0 aliphatic carbocycles. The minimum absolute atomic E-state index is 0.00404. The van der Waals surface area contributed by atoms with E-state index in [-0.39, 0.29) is 11.6 Å². The Morgan fingerprint density at radius 1 is 1.27 bits per heavy atom. The van der Waals surface area contributed by atoms with Crippen LogP contribution in [0.4, 0.5) is 0 Å². The molecule has 4 heteroatoms. The summed E-state index contributed by atoms with van der Waals surface area (Å²) in [5.41, 5.74) is 0. The van der Waals surface area contributed by atoms with Crippen LogP contribution in [0.3, 0.4) is 0 Å². The van der Waals surface area contributed by atoms with Gasteiger partial charge in [-0.05, 0) is 19.1 Å². The zero-order valence-corrected chi connectivity index (χ0v) is 9.80. The molecule has 0 aliphatic rings. The predicted molar refractivity (Wildman–Crippen MR) is 61.5 cm³/mol. The van der Waals surface area contributed by atoms with Crippen LogP contribution in [0.2, 0.25) is 0 Å². The van der Waals surface area contributed by atoms with Crippen LogP contribution in [0.5, 0.6) is 0 Å². The lowest BCUT2D eigenvalue weighted by Crippen LogP contribution is -2.02. The molecule has 15 heavy (non-hydrogen) atoms. The molecular formula is C11H13NO2S. The van der Waals surface area contributed by atoms with Crippen LogP contribution in [-0.2, 0) is 0 Å². The number of hydrogen-bond donors (Lipinski definition) is 0. The lowest BCUT2D eigenvalue weighted by Gasteiger charge is -2.01. The topological polar surface area (TPSA) is 37.4 Å². The minimum atomic E-state index is -0.0683. The molecule has 1 aromatic rings. The first-order valence-corrected chi connectivity index (χ1v) is 5.32. The van der Waals surface area contributed by atoms with Crippen molar-refractivity contribution >= 4 is 22.9 Å². The second-order valence-corrected chi connectivity index (χ2v) is 4.45. The van der Waals surface area contributed by atoms with Gasteiger partial charge in [0.25, 0.3) is 0 Å². The first kappa shape index (κ1) is 11.7. The van der Waals surface area contributed by atoms with Crippen molar-refractivity contribution in [2.75, 3.05) is 14.1 Å². The molecule has 0 N–H and O–H groups in total. The summed E-state index contributed by atoms with van der Waals surface area (Å²) in [6, 6.07) is 3.37. The Morgan fingerprint density at radius 3 is 2.33 bits per heavy atom. The third kappa shape index (κ3) is 3.32. The fourth-order valence-corrected chi connectivity index (χ4v) is 1.78. The van der Waals surface area contributed by atoms with Gasteiger partial charge < -0.3 is 4.90 Å². The van der Waals surface area contributed by atoms with Gasteiger partial charge in [-0.2, -0.15) is 0 Å². The van der Waals surface area contributed by atoms with E-state index in [0.29, 0.717) is 9.75 Å². The van der Waals surface area contributed by atoms with Crippen LogP contribution in [-0.4, -0.2) is 30.6 Å². The average molecular weight is 223 g/mol. The number of carbonyl (C=O) groups is 2. The maximum atomic E-state index is 11.6. The van der Waals surface area contributed by atoms with Crippen LogP contribution in [0, 0.1) is 0 Å². The molecule has 0 fully saturated rings. The maximum Gasteiger partial charge on any atom is 0.197 e. The molecule has 0 spiro atoms. The summed E-state index contributed by atoms with van der Waals surface area (Å²) in [7, 11) is 3.69. The molecule has 0 amide bonds. The van der Waals surface area contributed by atoms with Crippen molar-refractivity contribution in [3.8, 4) is 0 Å². The Bertz CT molecular complexity index is 404. The quantitative estimate of drug-likeness (QED) is 0.580. The SMILES string of the molecule is CC(=O)c1ccc(C(=O)C=CN(C)C)s1. The van der Waals surface area contributed by atoms with E-state index in [9.17, 15) is 9.59 Å². The van der Waals surface area contributed by atoms with Crippen molar-refractivity contribution in [2.24, 2.45) is 0 Å². The number of thiophene rings is 1. The van der Waals surface area contributed by atoms with E-state index in [1.54, 1.807) is 23.2 Å². The molecule has 1 rings (SSSR count). The van der Waals surface area contributed by atoms with Crippen LogP contribution in [0.1, 0.15) is 26.3 Å². The van der Waals surface area contributed by atoms with E-state index >= 15 is 0 Å². The van der Waals surface area contributed by atoms with Crippen LogP contribution >= 0.6 is 11.3 Å². The summed E-state index contributed by atoms with van der Waals surface area (Å²) in [4.78, 5) is 25.6. The molecule has 0 aliphatic heterocycles. The molecule has 0 saturated carbocycles. The van der Waals surface area contributed by atoms with E-state index in [2.05, 4.69) is 0 Å². The van der Waals surface area contributed by atoms with Gasteiger partial charge in [-0.25, -0.2) is 0 Å².